The van der Waals surface area contributed by atoms with Crippen LogP contribution < -0.4 is 21.2 Å². The van der Waals surface area contributed by atoms with Crippen molar-refractivity contribution in [3.8, 4) is 0 Å². The molecule has 3 heterocycles. The maximum Gasteiger partial charge on any atom is 0.265 e. The van der Waals surface area contributed by atoms with E-state index in [0.717, 1.165) is 105 Å². The number of aromatic nitrogens is 2. The lowest BCUT2D eigenvalue weighted by atomic mass is 9.81. The molecule has 0 atom stereocenters. The number of hydrogen-bond acceptors (Lipinski definition) is 4. The third-order valence-electron chi connectivity index (χ3n) is 12.0. The van der Waals surface area contributed by atoms with Crippen LogP contribution in [0.5, 0.6) is 0 Å². The van der Waals surface area contributed by atoms with Crippen LogP contribution in [0, 0.1) is 0 Å². The summed E-state index contributed by atoms with van der Waals surface area (Å²) in [5, 5.41) is 18.2. The van der Waals surface area contributed by atoms with Gasteiger partial charge in [-0.25, -0.2) is 9.88 Å². The molecule has 11 aromatic rings. The first-order valence-corrected chi connectivity index (χ1v) is 17.7. The van der Waals surface area contributed by atoms with E-state index in [4.69, 9.17) is 4.98 Å². The van der Waals surface area contributed by atoms with Gasteiger partial charge in [0.15, 0.2) is 0 Å². The Morgan fingerprint density at radius 1 is 0.442 bits per heavy atom. The summed E-state index contributed by atoms with van der Waals surface area (Å²) in [7, 11) is 0. The standard InChI is InChI=1S/C46H23N3O3/c50-44-33-20-16-29-25-12-10-23-27-14-18-31-41-32(46(52)49-36-9-5-4-8-35(36)47-43(31)49)19-15-28(39(27)41)24-11-13-26(38(25)37(23)24)30-17-21-34(42(33)40(29)30)45(51)48(44)22-6-2-1-3-7-22/h1-3,6-21H,4-5H2. The molecule has 2 amide bonds. The molecule has 1 aliphatic carbocycles. The molecule has 6 heteroatoms. The fraction of sp³-hybridized carbons (Fsp3) is 0.0435. The van der Waals surface area contributed by atoms with Gasteiger partial charge in [-0.2, -0.15) is 0 Å². The molecule has 2 aliphatic rings. The molecule has 0 saturated carbocycles. The molecule has 0 fully saturated rings. The number of fused-ring (bicyclic) bond motifs is 8. The summed E-state index contributed by atoms with van der Waals surface area (Å²) in [6.07, 6.45) is 6.10. The number of pyridine rings is 1. The minimum Gasteiger partial charge on any atom is -0.268 e. The van der Waals surface area contributed by atoms with E-state index < -0.39 is 0 Å². The highest BCUT2D eigenvalue weighted by atomic mass is 16.2. The largest absolute Gasteiger partial charge is 0.268 e. The predicted octanol–water partition coefficient (Wildman–Crippen LogP) is 8.39. The van der Waals surface area contributed by atoms with Crippen molar-refractivity contribution < 1.29 is 9.59 Å². The molecule has 6 nitrogen and oxygen atoms in total. The zero-order chi connectivity index (χ0) is 34.1. The summed E-state index contributed by atoms with van der Waals surface area (Å²) in [5.41, 5.74) is 2.33. The van der Waals surface area contributed by atoms with Crippen molar-refractivity contribution in [1.82, 2.24) is 9.38 Å². The highest BCUT2D eigenvalue weighted by Gasteiger charge is 2.35. The van der Waals surface area contributed by atoms with Gasteiger partial charge in [0.2, 0.25) is 0 Å². The van der Waals surface area contributed by atoms with Gasteiger partial charge in [-0.05, 0) is 114 Å². The number of rotatable bonds is 1. The van der Waals surface area contributed by atoms with Gasteiger partial charge in [0, 0.05) is 32.7 Å². The van der Waals surface area contributed by atoms with E-state index in [2.05, 4.69) is 66.7 Å². The fourth-order valence-corrected chi connectivity index (χ4v) is 9.89. The summed E-state index contributed by atoms with van der Waals surface area (Å²) in [4.78, 5) is 48.5. The molecule has 0 N–H and O–H groups in total. The highest BCUT2D eigenvalue weighted by molar-refractivity contribution is 6.46. The first-order chi connectivity index (χ1) is 25.6. The van der Waals surface area contributed by atoms with Crippen LogP contribution in [0.25, 0.3) is 104 Å². The number of imide groups is 1. The van der Waals surface area contributed by atoms with E-state index in [-0.39, 0.29) is 17.4 Å². The van der Waals surface area contributed by atoms with Crippen molar-refractivity contribution in [3.63, 3.8) is 0 Å². The molecule has 0 unspecified atom stereocenters. The van der Waals surface area contributed by atoms with Gasteiger partial charge in [-0.3, -0.25) is 18.8 Å². The lowest BCUT2D eigenvalue weighted by Crippen LogP contribution is -2.40. The van der Waals surface area contributed by atoms with Crippen LogP contribution in [0.4, 0.5) is 5.69 Å². The van der Waals surface area contributed by atoms with Crippen molar-refractivity contribution in [3.05, 3.63) is 135 Å². The Morgan fingerprint density at radius 3 is 1.44 bits per heavy atom. The van der Waals surface area contributed by atoms with Gasteiger partial charge in [-0.15, -0.1) is 0 Å². The van der Waals surface area contributed by atoms with E-state index in [0.29, 0.717) is 22.2 Å². The zero-order valence-corrected chi connectivity index (χ0v) is 27.5. The van der Waals surface area contributed by atoms with Gasteiger partial charge < -0.3 is 0 Å². The predicted molar refractivity (Wildman–Crippen MR) is 210 cm³/mol. The summed E-state index contributed by atoms with van der Waals surface area (Å²) in [5.74, 6) is -0.616. The molecule has 52 heavy (non-hydrogen) atoms. The average Bonchev–Trinajstić information content (AvgIpc) is 3.58. The monoisotopic (exact) mass is 665 g/mol. The number of benzene rings is 9. The Bertz CT molecular complexity index is 3580. The molecule has 240 valence electrons. The molecule has 1 aliphatic heterocycles. The number of carbonyl (C=O) groups is 2. The fourth-order valence-electron chi connectivity index (χ4n) is 9.89. The molecular weight excluding hydrogens is 643 g/mol. The first kappa shape index (κ1) is 26.9. The number of hydrogen-bond donors (Lipinski definition) is 0. The van der Waals surface area contributed by atoms with E-state index in [9.17, 15) is 14.4 Å². The van der Waals surface area contributed by atoms with Crippen LogP contribution in [0.15, 0.2) is 108 Å². The number of anilines is 1. The van der Waals surface area contributed by atoms with Crippen LogP contribution in [0.1, 0.15) is 33.6 Å². The topological polar surface area (TPSA) is 71.7 Å². The SMILES string of the molecule is O=C1c2ccc3c4ccc5c6ccc7c(=O)n8c9c(nc8c8ccc(c%10ccc(c%11ccc(c2c3%11)C(=O)N1c1ccccc1)c4c5%10)c6c78)=CCCC=9. The number of imidazole rings is 1. The maximum atomic E-state index is 14.2. The van der Waals surface area contributed by atoms with Crippen molar-refractivity contribution in [1.29, 1.82) is 0 Å². The summed E-state index contributed by atoms with van der Waals surface area (Å²) in [6.45, 7) is 0. The molecule has 0 radical (unpaired) electrons. The first-order valence-electron chi connectivity index (χ1n) is 17.7. The second kappa shape index (κ2) is 8.86. The van der Waals surface area contributed by atoms with Crippen molar-refractivity contribution in [2.24, 2.45) is 0 Å². The maximum absolute atomic E-state index is 14.2. The molecule has 9 aromatic carbocycles. The quantitative estimate of drug-likeness (QED) is 0.100. The lowest BCUT2D eigenvalue weighted by molar-refractivity contribution is 0.0893. The normalized spacial score (nSPS) is 14.8. The van der Waals surface area contributed by atoms with Gasteiger partial charge in [0.1, 0.15) is 5.65 Å². The second-order valence-corrected chi connectivity index (χ2v) is 14.3. The molecular formula is C46H23N3O3. The van der Waals surface area contributed by atoms with Crippen molar-refractivity contribution in [2.45, 2.75) is 12.8 Å². The Morgan fingerprint density at radius 2 is 0.885 bits per heavy atom. The van der Waals surface area contributed by atoms with E-state index >= 15 is 0 Å². The van der Waals surface area contributed by atoms with Crippen LogP contribution in [-0.2, 0) is 0 Å². The molecule has 13 rings (SSSR count). The second-order valence-electron chi connectivity index (χ2n) is 14.3. The van der Waals surface area contributed by atoms with Gasteiger partial charge in [0.05, 0.1) is 16.4 Å². The van der Waals surface area contributed by atoms with Crippen LogP contribution in [-0.4, -0.2) is 21.2 Å². The Balaban J connectivity index is 1.16. The number of amides is 2. The number of para-hydroxylation sites is 1. The highest BCUT2D eigenvalue weighted by Crippen LogP contribution is 2.49. The molecule has 0 saturated heterocycles. The van der Waals surface area contributed by atoms with Gasteiger partial charge in [0.25, 0.3) is 17.4 Å². The van der Waals surface area contributed by atoms with E-state index in [1.807, 2.05) is 36.4 Å². The zero-order valence-electron chi connectivity index (χ0n) is 27.5. The Kier molecular flexibility index (Phi) is 4.58. The van der Waals surface area contributed by atoms with Gasteiger partial charge >= 0.3 is 0 Å². The Hall–Kier alpha value is -6.92. The van der Waals surface area contributed by atoms with Gasteiger partial charge in [-0.1, -0.05) is 78.9 Å². The average molecular weight is 666 g/mol. The minimum atomic E-state index is -0.308. The van der Waals surface area contributed by atoms with E-state index in [1.54, 1.807) is 16.5 Å². The molecule has 0 bridgehead atoms. The lowest BCUT2D eigenvalue weighted by Gasteiger charge is -2.28. The smallest absolute Gasteiger partial charge is 0.265 e. The third kappa shape index (κ3) is 2.90. The molecule has 2 aromatic heterocycles. The Labute approximate surface area is 292 Å². The van der Waals surface area contributed by atoms with Crippen LogP contribution in [0.3, 0.4) is 0 Å². The van der Waals surface area contributed by atoms with E-state index in [1.165, 1.54) is 10.3 Å². The third-order valence-corrected chi connectivity index (χ3v) is 12.0. The minimum absolute atomic E-state index is 0.0250. The van der Waals surface area contributed by atoms with Crippen LogP contribution >= 0.6 is 0 Å². The van der Waals surface area contributed by atoms with Crippen molar-refractivity contribution >= 4 is 121 Å². The summed E-state index contributed by atoms with van der Waals surface area (Å²) >= 11 is 0. The summed E-state index contributed by atoms with van der Waals surface area (Å²) < 4.78 is 1.81. The van der Waals surface area contributed by atoms with Crippen molar-refractivity contribution in [2.75, 3.05) is 4.90 Å². The molecule has 0 spiro atoms. The summed E-state index contributed by atoms with van der Waals surface area (Å²) in [6, 6.07) is 34.3. The number of carbonyl (C=O) groups excluding carboxylic acids is 2. The number of nitrogens with zero attached hydrogens (tertiary/aromatic N) is 3. The van der Waals surface area contributed by atoms with Crippen LogP contribution in [0.2, 0.25) is 0 Å².